The van der Waals surface area contributed by atoms with Crippen molar-refractivity contribution in [3.8, 4) is 11.8 Å². The van der Waals surface area contributed by atoms with E-state index in [1.54, 1.807) is 12.1 Å². The van der Waals surface area contributed by atoms with Crippen LogP contribution in [0.15, 0.2) is 22.7 Å². The van der Waals surface area contributed by atoms with Gasteiger partial charge in [-0.25, -0.2) is 0 Å². The van der Waals surface area contributed by atoms with Crippen LogP contribution in [0.25, 0.3) is 0 Å². The Balaban J connectivity index is 3.15. The molecule has 0 saturated carbocycles. The number of phenolic OH excluding ortho intramolecular Hbond substituents is 1. The topological polar surface area (TPSA) is 70.0 Å². The summed E-state index contributed by atoms with van der Waals surface area (Å²) >= 11 is 3.22. The molecule has 3 N–H and O–H groups in total. The van der Waals surface area contributed by atoms with Crippen LogP contribution in [0.1, 0.15) is 11.6 Å². The van der Waals surface area contributed by atoms with Gasteiger partial charge in [0.1, 0.15) is 11.8 Å². The Morgan fingerprint density at radius 3 is 2.83 bits per heavy atom. The molecule has 0 fully saturated rings. The molecule has 1 rings (SSSR count). The maximum Gasteiger partial charge on any atom is 0.122 e. The van der Waals surface area contributed by atoms with Crippen molar-refractivity contribution < 1.29 is 5.11 Å². The standard InChI is InChI=1S/C8H7BrN2O/c9-5-1-2-8(12)6(3-5)7(11)4-10/h1-3,7,12H,11H2/t7-/m0/s1. The van der Waals surface area contributed by atoms with Gasteiger partial charge in [0, 0.05) is 10.0 Å². The number of phenols is 1. The third kappa shape index (κ3) is 1.76. The molecule has 0 aliphatic rings. The maximum absolute atomic E-state index is 9.28. The lowest BCUT2D eigenvalue weighted by molar-refractivity contribution is 0.466. The highest BCUT2D eigenvalue weighted by molar-refractivity contribution is 9.10. The van der Waals surface area contributed by atoms with Gasteiger partial charge in [0.05, 0.1) is 6.07 Å². The van der Waals surface area contributed by atoms with E-state index in [9.17, 15) is 5.11 Å². The first-order valence-electron chi connectivity index (χ1n) is 3.28. The van der Waals surface area contributed by atoms with Gasteiger partial charge in [-0.2, -0.15) is 5.26 Å². The summed E-state index contributed by atoms with van der Waals surface area (Å²) in [5, 5.41) is 17.8. The predicted molar refractivity (Wildman–Crippen MR) is 48.3 cm³/mol. The first kappa shape index (κ1) is 9.04. The van der Waals surface area contributed by atoms with Crippen LogP contribution in [0.4, 0.5) is 0 Å². The molecule has 1 aromatic carbocycles. The summed E-state index contributed by atoms with van der Waals surface area (Å²) in [6, 6.07) is 5.88. The zero-order chi connectivity index (χ0) is 9.14. The Morgan fingerprint density at radius 2 is 2.25 bits per heavy atom. The molecule has 1 atom stereocenters. The summed E-state index contributed by atoms with van der Waals surface area (Å²) in [5.74, 6) is 0.0484. The average Bonchev–Trinajstić information content (AvgIpc) is 2.08. The second-order valence-electron chi connectivity index (χ2n) is 2.31. The number of rotatable bonds is 1. The minimum atomic E-state index is -0.775. The highest BCUT2D eigenvalue weighted by Gasteiger charge is 2.09. The Labute approximate surface area is 78.6 Å². The molecule has 0 saturated heterocycles. The highest BCUT2D eigenvalue weighted by atomic mass is 79.9. The van der Waals surface area contributed by atoms with Crippen molar-refractivity contribution >= 4 is 15.9 Å². The van der Waals surface area contributed by atoms with Crippen LogP contribution in [-0.2, 0) is 0 Å². The number of hydrogen-bond donors (Lipinski definition) is 2. The number of nitrogens with two attached hydrogens (primary N) is 1. The molecule has 0 bridgehead atoms. The minimum Gasteiger partial charge on any atom is -0.508 e. The molecule has 1 aromatic rings. The summed E-state index contributed by atoms with van der Waals surface area (Å²) in [7, 11) is 0. The van der Waals surface area contributed by atoms with Crippen molar-refractivity contribution in [2.75, 3.05) is 0 Å². The number of halogens is 1. The summed E-state index contributed by atoms with van der Waals surface area (Å²) in [4.78, 5) is 0. The molecule has 0 amide bonds. The first-order valence-corrected chi connectivity index (χ1v) is 4.08. The molecule has 0 aliphatic carbocycles. The van der Waals surface area contributed by atoms with Gasteiger partial charge in [0.25, 0.3) is 0 Å². The van der Waals surface area contributed by atoms with Gasteiger partial charge in [-0.1, -0.05) is 15.9 Å². The van der Waals surface area contributed by atoms with Crippen LogP contribution in [0.2, 0.25) is 0 Å². The van der Waals surface area contributed by atoms with Crippen molar-refractivity contribution in [1.82, 2.24) is 0 Å². The third-order valence-corrected chi connectivity index (χ3v) is 1.96. The van der Waals surface area contributed by atoms with Crippen LogP contribution < -0.4 is 5.73 Å². The zero-order valence-corrected chi connectivity index (χ0v) is 7.75. The lowest BCUT2D eigenvalue weighted by Gasteiger charge is -2.05. The van der Waals surface area contributed by atoms with Crippen molar-refractivity contribution in [3.63, 3.8) is 0 Å². The van der Waals surface area contributed by atoms with E-state index >= 15 is 0 Å². The van der Waals surface area contributed by atoms with E-state index in [1.165, 1.54) is 6.07 Å². The van der Waals surface area contributed by atoms with Crippen molar-refractivity contribution in [1.29, 1.82) is 5.26 Å². The third-order valence-electron chi connectivity index (χ3n) is 1.46. The quantitative estimate of drug-likeness (QED) is 0.766. The van der Waals surface area contributed by atoms with E-state index in [0.717, 1.165) is 4.47 Å². The maximum atomic E-state index is 9.28. The lowest BCUT2D eigenvalue weighted by atomic mass is 10.1. The second kappa shape index (κ2) is 3.57. The fourth-order valence-electron chi connectivity index (χ4n) is 0.844. The number of hydrogen-bond acceptors (Lipinski definition) is 3. The Morgan fingerprint density at radius 1 is 1.58 bits per heavy atom. The molecule has 62 valence electrons. The van der Waals surface area contributed by atoms with Gasteiger partial charge >= 0.3 is 0 Å². The first-order chi connectivity index (χ1) is 5.65. The van der Waals surface area contributed by atoms with Gasteiger partial charge in [-0.15, -0.1) is 0 Å². The van der Waals surface area contributed by atoms with E-state index in [2.05, 4.69) is 15.9 Å². The van der Waals surface area contributed by atoms with Crippen LogP contribution in [0, 0.1) is 11.3 Å². The summed E-state index contributed by atoms with van der Waals surface area (Å²) in [6.07, 6.45) is 0. The predicted octanol–water partition coefficient (Wildman–Crippen LogP) is 1.68. The molecule has 0 aliphatic heterocycles. The van der Waals surface area contributed by atoms with Gasteiger partial charge in [-0.3, -0.25) is 0 Å². The molecule has 0 spiro atoms. The number of benzene rings is 1. The average molecular weight is 227 g/mol. The zero-order valence-electron chi connectivity index (χ0n) is 6.16. The Bertz CT molecular complexity index is 332. The van der Waals surface area contributed by atoms with Gasteiger partial charge < -0.3 is 10.8 Å². The van der Waals surface area contributed by atoms with Crippen LogP contribution >= 0.6 is 15.9 Å². The van der Waals surface area contributed by atoms with Crippen LogP contribution in [-0.4, -0.2) is 5.11 Å². The Hall–Kier alpha value is -1.05. The van der Waals surface area contributed by atoms with E-state index in [1.807, 2.05) is 6.07 Å². The fourth-order valence-corrected chi connectivity index (χ4v) is 1.22. The molecular formula is C8H7BrN2O. The van der Waals surface area contributed by atoms with Crippen LogP contribution in [0.3, 0.4) is 0 Å². The smallest absolute Gasteiger partial charge is 0.122 e. The van der Waals surface area contributed by atoms with Crippen molar-refractivity contribution in [3.05, 3.63) is 28.2 Å². The van der Waals surface area contributed by atoms with Gasteiger partial charge in [0.2, 0.25) is 0 Å². The van der Waals surface area contributed by atoms with E-state index < -0.39 is 6.04 Å². The number of nitrogens with zero attached hydrogens (tertiary/aromatic N) is 1. The SMILES string of the molecule is N#C[C@H](N)c1cc(Br)ccc1O. The van der Waals surface area contributed by atoms with E-state index in [4.69, 9.17) is 11.0 Å². The van der Waals surface area contributed by atoms with Crippen molar-refractivity contribution in [2.24, 2.45) is 5.73 Å². The normalized spacial score (nSPS) is 12.1. The van der Waals surface area contributed by atoms with Gasteiger partial charge in [-0.05, 0) is 18.2 Å². The Kier molecular flexibility index (Phi) is 2.69. The molecular weight excluding hydrogens is 220 g/mol. The molecule has 3 nitrogen and oxygen atoms in total. The fraction of sp³-hybridized carbons (Fsp3) is 0.125. The highest BCUT2D eigenvalue weighted by Crippen LogP contribution is 2.25. The molecule has 0 heterocycles. The van der Waals surface area contributed by atoms with E-state index in [-0.39, 0.29) is 5.75 Å². The molecule has 0 aromatic heterocycles. The number of nitriles is 1. The lowest BCUT2D eigenvalue weighted by Crippen LogP contribution is -2.07. The van der Waals surface area contributed by atoms with Crippen LogP contribution in [0.5, 0.6) is 5.75 Å². The molecule has 12 heavy (non-hydrogen) atoms. The molecule has 0 unspecified atom stereocenters. The van der Waals surface area contributed by atoms with E-state index in [0.29, 0.717) is 5.56 Å². The largest absolute Gasteiger partial charge is 0.508 e. The van der Waals surface area contributed by atoms with Crippen molar-refractivity contribution in [2.45, 2.75) is 6.04 Å². The number of aromatic hydroxyl groups is 1. The summed E-state index contributed by atoms with van der Waals surface area (Å²) < 4.78 is 0.793. The monoisotopic (exact) mass is 226 g/mol. The molecule has 0 radical (unpaired) electrons. The summed E-state index contributed by atoms with van der Waals surface area (Å²) in [6.45, 7) is 0. The summed E-state index contributed by atoms with van der Waals surface area (Å²) in [5.41, 5.74) is 5.86. The molecule has 4 heteroatoms. The second-order valence-corrected chi connectivity index (χ2v) is 3.23. The van der Waals surface area contributed by atoms with Gasteiger partial charge in [0.15, 0.2) is 0 Å². The minimum absolute atomic E-state index is 0.0484.